The lowest BCUT2D eigenvalue weighted by Gasteiger charge is -2.32. The van der Waals surface area contributed by atoms with E-state index < -0.39 is 13.1 Å². The van der Waals surface area contributed by atoms with E-state index in [-0.39, 0.29) is 11.2 Å². The lowest BCUT2D eigenvalue weighted by Crippen LogP contribution is -2.41. The van der Waals surface area contributed by atoms with Crippen molar-refractivity contribution < 1.29 is 18.8 Å². The van der Waals surface area contributed by atoms with E-state index in [1.165, 1.54) is 0 Å². The lowest BCUT2D eigenvalue weighted by molar-refractivity contribution is 0.00578. The first-order valence-corrected chi connectivity index (χ1v) is 8.16. The summed E-state index contributed by atoms with van der Waals surface area (Å²) in [6.45, 7) is 10.2. The van der Waals surface area contributed by atoms with Crippen LogP contribution in [0.4, 0.5) is 0 Å². The van der Waals surface area contributed by atoms with Gasteiger partial charge in [0.2, 0.25) is 0 Å². The summed E-state index contributed by atoms with van der Waals surface area (Å²) in [6, 6.07) is 7.64. The third kappa shape index (κ3) is 2.92. The predicted molar refractivity (Wildman–Crippen MR) is 93.4 cm³/mol. The fourth-order valence-corrected chi connectivity index (χ4v) is 2.60. The topological polar surface area (TPSA) is 57.7 Å². The van der Waals surface area contributed by atoms with Crippen molar-refractivity contribution in [2.45, 2.75) is 45.8 Å². The summed E-state index contributed by atoms with van der Waals surface area (Å²) in [5.41, 5.74) is 0.444. The third-order valence-corrected chi connectivity index (χ3v) is 4.76. The normalized spacial score (nSPS) is 18.8. The number of esters is 1. The highest BCUT2D eigenvalue weighted by atomic mass is 16.7. The highest BCUT2D eigenvalue weighted by molar-refractivity contribution is 6.62. The van der Waals surface area contributed by atoms with Crippen molar-refractivity contribution in [3.05, 3.63) is 36.2 Å². The van der Waals surface area contributed by atoms with Gasteiger partial charge in [-0.1, -0.05) is 18.2 Å². The van der Waals surface area contributed by atoms with E-state index >= 15 is 0 Å². The van der Waals surface area contributed by atoms with Crippen LogP contribution in [0.25, 0.3) is 10.8 Å². The molecule has 0 atom stereocenters. The number of hydrogen-bond acceptors (Lipinski definition) is 5. The molecule has 0 spiro atoms. The first-order valence-electron chi connectivity index (χ1n) is 8.16. The smallest absolute Gasteiger partial charge is 0.461 e. The van der Waals surface area contributed by atoms with E-state index in [9.17, 15) is 4.79 Å². The molecular formula is C18H22BNO4. The monoisotopic (exact) mass is 327 g/mol. The number of carbonyl (C=O) groups is 1. The van der Waals surface area contributed by atoms with E-state index in [2.05, 4.69) is 4.98 Å². The van der Waals surface area contributed by atoms with Crippen molar-refractivity contribution in [1.82, 2.24) is 4.98 Å². The fraction of sp³-hybridized carbons (Fsp3) is 0.444. The van der Waals surface area contributed by atoms with Gasteiger partial charge in [-0.2, -0.15) is 0 Å². The van der Waals surface area contributed by atoms with Gasteiger partial charge >= 0.3 is 13.1 Å². The minimum Gasteiger partial charge on any atom is -0.461 e. The van der Waals surface area contributed by atoms with Gasteiger partial charge in [-0.15, -0.1) is 0 Å². The second-order valence-electron chi connectivity index (χ2n) is 6.98. The molecule has 5 nitrogen and oxygen atoms in total. The maximum absolute atomic E-state index is 11.9. The molecule has 0 aliphatic carbocycles. The van der Waals surface area contributed by atoms with Gasteiger partial charge in [-0.25, -0.2) is 9.78 Å². The molecule has 1 saturated heterocycles. The van der Waals surface area contributed by atoms with Gasteiger partial charge in [0, 0.05) is 11.6 Å². The molecule has 3 rings (SSSR count). The van der Waals surface area contributed by atoms with E-state index in [0.717, 1.165) is 16.2 Å². The SMILES string of the molecule is CCOC(=O)c1cc2cc(B3OC(C)(C)C(C)(C)O3)ccc2cn1. The van der Waals surface area contributed by atoms with Crippen LogP contribution in [-0.4, -0.2) is 35.9 Å². The average molecular weight is 327 g/mol. The highest BCUT2D eigenvalue weighted by Crippen LogP contribution is 2.36. The summed E-state index contributed by atoms with van der Waals surface area (Å²) in [5.74, 6) is -0.416. The number of rotatable bonds is 3. The largest absolute Gasteiger partial charge is 0.494 e. The molecular weight excluding hydrogens is 305 g/mol. The molecule has 1 aliphatic heterocycles. The van der Waals surface area contributed by atoms with Crippen molar-refractivity contribution in [3.8, 4) is 0 Å². The van der Waals surface area contributed by atoms with Crippen LogP contribution in [0.2, 0.25) is 0 Å². The molecule has 1 aromatic carbocycles. The highest BCUT2D eigenvalue weighted by Gasteiger charge is 2.51. The Kier molecular flexibility index (Phi) is 4.14. The fourth-order valence-electron chi connectivity index (χ4n) is 2.60. The van der Waals surface area contributed by atoms with Gasteiger partial charge in [-0.3, -0.25) is 0 Å². The maximum Gasteiger partial charge on any atom is 0.494 e. The zero-order valence-corrected chi connectivity index (χ0v) is 14.8. The van der Waals surface area contributed by atoms with Crippen molar-refractivity contribution in [1.29, 1.82) is 0 Å². The number of pyridine rings is 1. The second-order valence-corrected chi connectivity index (χ2v) is 6.98. The van der Waals surface area contributed by atoms with Crippen LogP contribution in [0.3, 0.4) is 0 Å². The molecule has 0 unspecified atom stereocenters. The molecule has 1 fully saturated rings. The Labute approximate surface area is 142 Å². The van der Waals surface area contributed by atoms with Crippen LogP contribution in [0.15, 0.2) is 30.5 Å². The van der Waals surface area contributed by atoms with Gasteiger partial charge in [-0.05, 0) is 51.5 Å². The summed E-state index contributed by atoms with van der Waals surface area (Å²) >= 11 is 0. The van der Waals surface area contributed by atoms with E-state index in [1.54, 1.807) is 19.2 Å². The zero-order chi connectivity index (χ0) is 17.5. The quantitative estimate of drug-likeness (QED) is 0.641. The summed E-state index contributed by atoms with van der Waals surface area (Å²) in [6.07, 6.45) is 1.68. The minimum atomic E-state index is -0.432. The van der Waals surface area contributed by atoms with Crippen molar-refractivity contribution in [2.24, 2.45) is 0 Å². The van der Waals surface area contributed by atoms with Gasteiger partial charge in [0.15, 0.2) is 0 Å². The Bertz CT molecular complexity index is 772. The molecule has 0 saturated carbocycles. The first kappa shape index (κ1) is 16.9. The molecule has 0 amide bonds. The van der Waals surface area contributed by atoms with Crippen molar-refractivity contribution >= 4 is 29.3 Å². The number of nitrogens with zero attached hydrogens (tertiary/aromatic N) is 1. The molecule has 2 aromatic rings. The molecule has 1 aromatic heterocycles. The van der Waals surface area contributed by atoms with Gasteiger partial charge < -0.3 is 14.0 Å². The molecule has 6 heteroatoms. The number of fused-ring (bicyclic) bond motifs is 1. The van der Waals surface area contributed by atoms with Crippen molar-refractivity contribution in [2.75, 3.05) is 6.61 Å². The molecule has 126 valence electrons. The van der Waals surface area contributed by atoms with Crippen LogP contribution in [0.1, 0.15) is 45.1 Å². The third-order valence-electron chi connectivity index (χ3n) is 4.76. The number of hydrogen-bond donors (Lipinski definition) is 0. The van der Waals surface area contributed by atoms with Gasteiger partial charge in [0.1, 0.15) is 5.69 Å². The first-order chi connectivity index (χ1) is 11.2. The number of ether oxygens (including phenoxy) is 1. The molecule has 2 heterocycles. The Morgan fingerprint density at radius 2 is 1.79 bits per heavy atom. The van der Waals surface area contributed by atoms with Crippen LogP contribution in [-0.2, 0) is 14.0 Å². The van der Waals surface area contributed by atoms with Gasteiger partial charge in [0.25, 0.3) is 0 Å². The predicted octanol–water partition coefficient (Wildman–Crippen LogP) is 2.71. The second kappa shape index (κ2) is 5.86. The van der Waals surface area contributed by atoms with Crippen LogP contribution in [0, 0.1) is 0 Å². The van der Waals surface area contributed by atoms with Crippen LogP contribution in [0.5, 0.6) is 0 Å². The van der Waals surface area contributed by atoms with E-state index in [0.29, 0.717) is 12.3 Å². The molecule has 0 N–H and O–H groups in total. The summed E-state index contributed by atoms with van der Waals surface area (Å²) in [5, 5.41) is 1.85. The van der Waals surface area contributed by atoms with Crippen LogP contribution < -0.4 is 5.46 Å². The van der Waals surface area contributed by atoms with Gasteiger partial charge in [0.05, 0.1) is 17.8 Å². The molecule has 0 radical (unpaired) electrons. The summed E-state index contributed by atoms with van der Waals surface area (Å²) in [7, 11) is -0.432. The Hall–Kier alpha value is -1.92. The minimum absolute atomic E-state index is 0.301. The average Bonchev–Trinajstić information content (AvgIpc) is 2.74. The molecule has 24 heavy (non-hydrogen) atoms. The number of benzene rings is 1. The molecule has 1 aliphatic rings. The lowest BCUT2D eigenvalue weighted by atomic mass is 9.78. The Morgan fingerprint density at radius 1 is 1.12 bits per heavy atom. The summed E-state index contributed by atoms with van der Waals surface area (Å²) in [4.78, 5) is 16.0. The number of carbonyl (C=O) groups excluding carboxylic acids is 1. The maximum atomic E-state index is 11.9. The van der Waals surface area contributed by atoms with Crippen LogP contribution >= 0.6 is 0 Å². The van der Waals surface area contributed by atoms with Crippen molar-refractivity contribution in [3.63, 3.8) is 0 Å². The number of aromatic nitrogens is 1. The van der Waals surface area contributed by atoms with E-state index in [4.69, 9.17) is 14.0 Å². The Balaban J connectivity index is 1.95. The van der Waals surface area contributed by atoms with E-state index in [1.807, 2.05) is 45.9 Å². The molecule has 0 bridgehead atoms. The standard InChI is InChI=1S/C18H22BNO4/c1-6-22-16(21)15-10-13-9-14(8-7-12(13)11-20-15)19-23-17(2,3)18(4,5)24-19/h7-11H,6H2,1-5H3. The Morgan fingerprint density at radius 3 is 2.42 bits per heavy atom. The summed E-state index contributed by atoms with van der Waals surface area (Å²) < 4.78 is 17.2. The zero-order valence-electron chi connectivity index (χ0n) is 14.8.